The second kappa shape index (κ2) is 9.04. The average molecular weight is 377 g/mol. The Balaban J connectivity index is 1.61. The monoisotopic (exact) mass is 376 g/mol. The van der Waals surface area contributed by atoms with Gasteiger partial charge in [-0.05, 0) is 50.4 Å². The van der Waals surface area contributed by atoms with Crippen LogP contribution in [0.1, 0.15) is 64.0 Å². The molecule has 1 aromatic heterocycles. The van der Waals surface area contributed by atoms with E-state index >= 15 is 0 Å². The normalized spacial score (nSPS) is 22.1. The van der Waals surface area contributed by atoms with Gasteiger partial charge < -0.3 is 19.9 Å². The van der Waals surface area contributed by atoms with Crippen molar-refractivity contribution in [1.82, 2.24) is 25.4 Å². The first-order valence-electron chi connectivity index (χ1n) is 10.5. The Hall–Kier alpha value is -1.63. The zero-order valence-electron chi connectivity index (χ0n) is 17.4. The molecular weight excluding hydrogens is 340 g/mol. The van der Waals surface area contributed by atoms with E-state index in [4.69, 9.17) is 9.73 Å². The highest BCUT2D eigenvalue weighted by atomic mass is 16.5. The van der Waals surface area contributed by atoms with Crippen molar-refractivity contribution in [2.75, 3.05) is 19.7 Å². The van der Waals surface area contributed by atoms with Crippen LogP contribution in [-0.2, 0) is 18.3 Å². The largest absolute Gasteiger partial charge is 0.376 e. The second-order valence-electron chi connectivity index (χ2n) is 8.71. The van der Waals surface area contributed by atoms with E-state index < -0.39 is 0 Å². The minimum Gasteiger partial charge on any atom is -0.376 e. The Bertz CT molecular complexity index is 628. The molecule has 0 spiro atoms. The quantitative estimate of drug-likeness (QED) is 0.539. The van der Waals surface area contributed by atoms with Crippen molar-refractivity contribution in [1.29, 1.82) is 0 Å². The summed E-state index contributed by atoms with van der Waals surface area (Å²) in [5.74, 6) is 3.38. The number of nitrogens with one attached hydrogen (secondary N) is 2. The summed E-state index contributed by atoms with van der Waals surface area (Å²) in [5.41, 5.74) is 0.432. The van der Waals surface area contributed by atoms with Gasteiger partial charge in [0.15, 0.2) is 11.8 Å². The highest BCUT2D eigenvalue weighted by Gasteiger charge is 2.37. The van der Waals surface area contributed by atoms with Crippen molar-refractivity contribution < 1.29 is 4.74 Å². The third kappa shape index (κ3) is 5.43. The SMILES string of the molecule is Cc1nnc(CN=C(NCC2CCCO2)NCC2(CC(C)C)CCC2)n1C. The van der Waals surface area contributed by atoms with Crippen molar-refractivity contribution in [2.45, 2.75) is 71.9 Å². The van der Waals surface area contributed by atoms with Crippen LogP contribution in [-0.4, -0.2) is 46.5 Å². The lowest BCUT2D eigenvalue weighted by Crippen LogP contribution is -2.48. The van der Waals surface area contributed by atoms with E-state index in [1.807, 2.05) is 18.5 Å². The summed E-state index contributed by atoms with van der Waals surface area (Å²) in [7, 11) is 1.99. The number of ether oxygens (including phenoxy) is 1. The number of guanidine groups is 1. The van der Waals surface area contributed by atoms with Crippen LogP contribution in [0.2, 0.25) is 0 Å². The summed E-state index contributed by atoms with van der Waals surface area (Å²) in [5, 5.41) is 15.5. The molecule has 7 heteroatoms. The molecule has 1 saturated carbocycles. The zero-order valence-corrected chi connectivity index (χ0v) is 17.4. The summed E-state index contributed by atoms with van der Waals surface area (Å²) >= 11 is 0. The van der Waals surface area contributed by atoms with Gasteiger partial charge in [-0.1, -0.05) is 20.3 Å². The Morgan fingerprint density at radius 1 is 1.30 bits per heavy atom. The predicted octanol–water partition coefficient (Wildman–Crippen LogP) is 2.55. The van der Waals surface area contributed by atoms with E-state index in [0.29, 0.717) is 18.1 Å². The number of aliphatic imine (C=N–C) groups is 1. The third-order valence-electron chi connectivity index (χ3n) is 5.97. The minimum absolute atomic E-state index is 0.294. The van der Waals surface area contributed by atoms with Crippen molar-refractivity contribution in [3.63, 3.8) is 0 Å². The maximum Gasteiger partial charge on any atom is 0.191 e. The van der Waals surface area contributed by atoms with Gasteiger partial charge in [-0.25, -0.2) is 4.99 Å². The van der Waals surface area contributed by atoms with Gasteiger partial charge in [0.25, 0.3) is 0 Å². The standard InChI is InChI=1S/C20H36N6O/c1-15(2)11-20(8-6-9-20)14-23-19(21-12-17-7-5-10-27-17)22-13-18-25-24-16(3)26(18)4/h15,17H,5-14H2,1-4H3,(H2,21,22,23). The number of nitrogens with zero attached hydrogens (tertiary/aromatic N) is 4. The van der Waals surface area contributed by atoms with Crippen LogP contribution >= 0.6 is 0 Å². The van der Waals surface area contributed by atoms with E-state index in [1.54, 1.807) is 0 Å². The number of hydrogen-bond donors (Lipinski definition) is 2. The van der Waals surface area contributed by atoms with Gasteiger partial charge in [-0.15, -0.1) is 10.2 Å². The molecule has 1 aromatic rings. The van der Waals surface area contributed by atoms with E-state index in [1.165, 1.54) is 25.7 Å². The second-order valence-corrected chi connectivity index (χ2v) is 8.71. The Morgan fingerprint density at radius 3 is 2.67 bits per heavy atom. The molecule has 1 saturated heterocycles. The highest BCUT2D eigenvalue weighted by molar-refractivity contribution is 5.79. The van der Waals surface area contributed by atoms with E-state index in [0.717, 1.165) is 56.1 Å². The molecule has 3 rings (SSSR count). The molecule has 2 aliphatic rings. The minimum atomic E-state index is 0.294. The number of aromatic nitrogens is 3. The first kappa shape index (κ1) is 20.1. The van der Waals surface area contributed by atoms with Gasteiger partial charge in [-0.2, -0.15) is 0 Å². The lowest BCUT2D eigenvalue weighted by atomic mass is 9.64. The fourth-order valence-electron chi connectivity index (χ4n) is 4.20. The molecular formula is C20H36N6O. The van der Waals surface area contributed by atoms with Gasteiger partial charge >= 0.3 is 0 Å². The Labute approximate surface area is 163 Å². The molecule has 1 unspecified atom stereocenters. The molecule has 1 aliphatic heterocycles. The highest BCUT2D eigenvalue weighted by Crippen LogP contribution is 2.45. The topological polar surface area (TPSA) is 76.4 Å². The molecule has 2 N–H and O–H groups in total. The van der Waals surface area contributed by atoms with Crippen molar-refractivity contribution in [2.24, 2.45) is 23.4 Å². The molecule has 0 aromatic carbocycles. The first-order valence-corrected chi connectivity index (χ1v) is 10.5. The summed E-state index contributed by atoms with van der Waals surface area (Å²) in [6.45, 7) is 9.79. The maximum absolute atomic E-state index is 5.75. The summed E-state index contributed by atoms with van der Waals surface area (Å²) in [6, 6.07) is 0. The van der Waals surface area contributed by atoms with Crippen molar-refractivity contribution in [3.8, 4) is 0 Å². The molecule has 1 atom stereocenters. The van der Waals surface area contributed by atoms with Crippen LogP contribution < -0.4 is 10.6 Å². The van der Waals surface area contributed by atoms with Crippen LogP contribution in [0.25, 0.3) is 0 Å². The van der Waals surface area contributed by atoms with E-state index in [-0.39, 0.29) is 0 Å². The molecule has 0 radical (unpaired) electrons. The fourth-order valence-corrected chi connectivity index (χ4v) is 4.20. The molecule has 1 aliphatic carbocycles. The van der Waals surface area contributed by atoms with Crippen LogP contribution in [0.4, 0.5) is 0 Å². The Morgan fingerprint density at radius 2 is 2.11 bits per heavy atom. The number of hydrogen-bond acceptors (Lipinski definition) is 4. The van der Waals surface area contributed by atoms with E-state index in [9.17, 15) is 0 Å². The van der Waals surface area contributed by atoms with Crippen LogP contribution in [0.5, 0.6) is 0 Å². The summed E-state index contributed by atoms with van der Waals surface area (Å²) in [6.07, 6.45) is 7.84. The molecule has 2 fully saturated rings. The predicted molar refractivity (Wildman–Crippen MR) is 108 cm³/mol. The lowest BCUT2D eigenvalue weighted by Gasteiger charge is -2.43. The van der Waals surface area contributed by atoms with Gasteiger partial charge in [0, 0.05) is 26.7 Å². The lowest BCUT2D eigenvalue weighted by molar-refractivity contribution is 0.103. The molecule has 0 bridgehead atoms. The van der Waals surface area contributed by atoms with Crippen molar-refractivity contribution in [3.05, 3.63) is 11.6 Å². The third-order valence-corrected chi connectivity index (χ3v) is 5.97. The average Bonchev–Trinajstić information content (AvgIpc) is 3.23. The van der Waals surface area contributed by atoms with Crippen molar-refractivity contribution >= 4 is 5.96 Å². The van der Waals surface area contributed by atoms with E-state index in [2.05, 4.69) is 34.7 Å². The first-order chi connectivity index (χ1) is 13.0. The van der Waals surface area contributed by atoms with Crippen LogP contribution in [0, 0.1) is 18.3 Å². The summed E-state index contributed by atoms with van der Waals surface area (Å²) in [4.78, 5) is 4.79. The maximum atomic E-state index is 5.75. The van der Waals surface area contributed by atoms with Gasteiger partial charge in [0.05, 0.1) is 6.10 Å². The molecule has 2 heterocycles. The molecule has 152 valence electrons. The van der Waals surface area contributed by atoms with Crippen LogP contribution in [0.15, 0.2) is 4.99 Å². The smallest absolute Gasteiger partial charge is 0.191 e. The van der Waals surface area contributed by atoms with Gasteiger partial charge in [0.1, 0.15) is 12.4 Å². The zero-order chi connectivity index (χ0) is 19.3. The molecule has 7 nitrogen and oxygen atoms in total. The van der Waals surface area contributed by atoms with Gasteiger partial charge in [-0.3, -0.25) is 0 Å². The fraction of sp³-hybridized carbons (Fsp3) is 0.850. The number of rotatable bonds is 8. The van der Waals surface area contributed by atoms with Gasteiger partial charge in [0.2, 0.25) is 0 Å². The number of aryl methyl sites for hydroxylation is 1. The molecule has 27 heavy (non-hydrogen) atoms. The summed E-state index contributed by atoms with van der Waals surface area (Å²) < 4.78 is 7.74. The molecule has 0 amide bonds. The van der Waals surface area contributed by atoms with Crippen LogP contribution in [0.3, 0.4) is 0 Å². The Kier molecular flexibility index (Phi) is 6.73.